The van der Waals surface area contributed by atoms with Gasteiger partial charge in [-0.15, -0.1) is 0 Å². The Morgan fingerprint density at radius 1 is 1.10 bits per heavy atom. The van der Waals surface area contributed by atoms with Gasteiger partial charge < -0.3 is 29.0 Å². The van der Waals surface area contributed by atoms with Crippen molar-refractivity contribution >= 4 is 22.8 Å². The van der Waals surface area contributed by atoms with Crippen LogP contribution in [0.1, 0.15) is 13.8 Å². The van der Waals surface area contributed by atoms with Crippen molar-refractivity contribution in [1.29, 1.82) is 0 Å². The van der Waals surface area contributed by atoms with Crippen molar-refractivity contribution in [3.63, 3.8) is 0 Å². The molecular formula is C20H22ClN3O5. The fraction of sp³-hybridized carbons (Fsp3) is 0.400. The molecule has 29 heavy (non-hydrogen) atoms. The van der Waals surface area contributed by atoms with Crippen LogP contribution in [0.5, 0.6) is 17.6 Å². The van der Waals surface area contributed by atoms with E-state index < -0.39 is 6.10 Å². The molecule has 154 valence electrons. The first-order valence-electron chi connectivity index (χ1n) is 9.54. The van der Waals surface area contributed by atoms with Crippen LogP contribution >= 0.6 is 11.6 Å². The van der Waals surface area contributed by atoms with E-state index in [9.17, 15) is 5.11 Å². The van der Waals surface area contributed by atoms with Crippen LogP contribution < -0.4 is 9.47 Å². The molecule has 1 aromatic carbocycles. The van der Waals surface area contributed by atoms with Crippen LogP contribution in [0.25, 0.3) is 11.2 Å². The number of halogens is 1. The van der Waals surface area contributed by atoms with E-state index >= 15 is 0 Å². The van der Waals surface area contributed by atoms with Crippen LogP contribution in [0.2, 0.25) is 5.02 Å². The smallest absolute Gasteiger partial charge is 0.296 e. The minimum absolute atomic E-state index is 0.243. The van der Waals surface area contributed by atoms with Crippen molar-refractivity contribution in [2.24, 2.45) is 0 Å². The van der Waals surface area contributed by atoms with Gasteiger partial charge in [0.1, 0.15) is 29.1 Å². The Kier molecular flexibility index (Phi) is 5.86. The number of H-pyrrole nitrogens is 1. The van der Waals surface area contributed by atoms with E-state index in [-0.39, 0.29) is 36.8 Å². The lowest BCUT2D eigenvalue weighted by molar-refractivity contribution is 0.00706. The van der Waals surface area contributed by atoms with Crippen molar-refractivity contribution in [2.45, 2.75) is 38.3 Å². The number of aromatic amines is 1. The second-order valence-electron chi connectivity index (χ2n) is 6.42. The molecule has 4 atom stereocenters. The molecule has 0 radical (unpaired) electrons. The number of aromatic nitrogens is 3. The monoisotopic (exact) mass is 419 g/mol. The topological polar surface area (TPSA) is 98.7 Å². The first-order chi connectivity index (χ1) is 14.2. The number of para-hydroxylation sites is 1. The SMILES string of the molecule is CC.O[C@@H]1COC2C1OC[C@H]2Oc1nc2nc(Oc3ccccc3)c(Cl)cc2[nH]1. The molecule has 2 N–H and O–H groups in total. The summed E-state index contributed by atoms with van der Waals surface area (Å²) in [7, 11) is 0. The van der Waals surface area contributed by atoms with Gasteiger partial charge in [0.05, 0.1) is 18.7 Å². The normalized spacial score (nSPS) is 25.4. The zero-order chi connectivity index (χ0) is 20.4. The van der Waals surface area contributed by atoms with E-state index in [0.717, 1.165) is 0 Å². The number of hydrogen-bond donors (Lipinski definition) is 2. The molecule has 0 amide bonds. The highest BCUT2D eigenvalue weighted by atomic mass is 35.5. The predicted octanol–water partition coefficient (Wildman–Crippen LogP) is 3.34. The fourth-order valence-electron chi connectivity index (χ4n) is 3.30. The number of pyridine rings is 1. The standard InChI is InChI=1S/C18H16ClN3O5.C2H6/c19-10-6-11-16(21-17(10)26-9-4-2-1-3-5-9)22-18(20-11)27-13-8-25-14-12(23)7-24-15(13)14;1-2/h1-6,12-15,23H,7-8H2,(H,20,21,22);1-2H3/t12-,13-,14?,15?;/m1./s1. The summed E-state index contributed by atoms with van der Waals surface area (Å²) in [6, 6.07) is 11.2. The Hall–Kier alpha value is -2.39. The molecule has 0 saturated carbocycles. The number of hydrogen-bond acceptors (Lipinski definition) is 7. The lowest BCUT2D eigenvalue weighted by Crippen LogP contribution is -2.34. The van der Waals surface area contributed by atoms with Crippen LogP contribution in [-0.4, -0.2) is 57.7 Å². The number of nitrogens with one attached hydrogen (secondary N) is 1. The van der Waals surface area contributed by atoms with Gasteiger partial charge in [0.25, 0.3) is 6.01 Å². The molecule has 4 heterocycles. The zero-order valence-electron chi connectivity index (χ0n) is 16.0. The van der Waals surface area contributed by atoms with Crippen LogP contribution in [0.15, 0.2) is 36.4 Å². The summed E-state index contributed by atoms with van der Waals surface area (Å²) in [6.07, 6.45) is -1.67. The Morgan fingerprint density at radius 2 is 1.86 bits per heavy atom. The van der Waals surface area contributed by atoms with Gasteiger partial charge in [-0.25, -0.2) is 0 Å². The first kappa shape index (κ1) is 19.9. The molecular weight excluding hydrogens is 398 g/mol. The summed E-state index contributed by atoms with van der Waals surface area (Å²) in [6.45, 7) is 4.56. The van der Waals surface area contributed by atoms with Gasteiger partial charge in [-0.1, -0.05) is 43.6 Å². The molecule has 2 saturated heterocycles. The third-order valence-electron chi connectivity index (χ3n) is 4.58. The number of rotatable bonds is 4. The first-order valence-corrected chi connectivity index (χ1v) is 9.92. The van der Waals surface area contributed by atoms with Gasteiger partial charge in [0.15, 0.2) is 11.8 Å². The van der Waals surface area contributed by atoms with Crippen molar-refractivity contribution in [3.8, 4) is 17.6 Å². The summed E-state index contributed by atoms with van der Waals surface area (Å²) in [5, 5.41) is 10.2. The van der Waals surface area contributed by atoms with Crippen LogP contribution in [-0.2, 0) is 9.47 Å². The fourth-order valence-corrected chi connectivity index (χ4v) is 3.49. The Labute approximate surface area is 172 Å². The highest BCUT2D eigenvalue weighted by Gasteiger charge is 2.48. The number of nitrogens with zero attached hydrogens (tertiary/aromatic N) is 2. The van der Waals surface area contributed by atoms with Gasteiger partial charge in [-0.3, -0.25) is 0 Å². The summed E-state index contributed by atoms with van der Waals surface area (Å²) >= 11 is 6.28. The number of aliphatic hydroxyl groups excluding tert-OH is 1. The minimum atomic E-state index is -0.627. The van der Waals surface area contributed by atoms with Crippen LogP contribution in [0.4, 0.5) is 0 Å². The number of aliphatic hydroxyl groups is 1. The summed E-state index contributed by atoms with van der Waals surface area (Å²) in [4.78, 5) is 11.8. The third kappa shape index (κ3) is 4.02. The molecule has 2 aromatic heterocycles. The maximum absolute atomic E-state index is 9.81. The second-order valence-corrected chi connectivity index (χ2v) is 6.83. The van der Waals surface area contributed by atoms with E-state index in [1.165, 1.54) is 0 Å². The van der Waals surface area contributed by atoms with Crippen molar-refractivity contribution in [1.82, 2.24) is 15.0 Å². The van der Waals surface area contributed by atoms with E-state index in [2.05, 4.69) is 15.0 Å². The Morgan fingerprint density at radius 3 is 2.66 bits per heavy atom. The van der Waals surface area contributed by atoms with Crippen LogP contribution in [0, 0.1) is 0 Å². The largest absolute Gasteiger partial charge is 0.456 e. The van der Waals surface area contributed by atoms with Gasteiger partial charge in [-0.2, -0.15) is 9.97 Å². The molecule has 2 aliphatic heterocycles. The predicted molar refractivity (Wildman–Crippen MR) is 107 cm³/mol. The molecule has 3 aromatic rings. The maximum atomic E-state index is 9.81. The molecule has 0 aliphatic carbocycles. The number of ether oxygens (including phenoxy) is 4. The Bertz CT molecular complexity index is 967. The van der Waals surface area contributed by atoms with Crippen molar-refractivity contribution in [3.05, 3.63) is 41.4 Å². The molecule has 5 rings (SSSR count). The van der Waals surface area contributed by atoms with E-state index in [1.807, 2.05) is 44.2 Å². The minimum Gasteiger partial charge on any atom is -0.456 e. The summed E-state index contributed by atoms with van der Waals surface area (Å²) < 4.78 is 22.7. The highest BCUT2D eigenvalue weighted by molar-refractivity contribution is 6.32. The molecule has 2 aliphatic rings. The quantitative estimate of drug-likeness (QED) is 0.669. The lowest BCUT2D eigenvalue weighted by atomic mass is 10.1. The van der Waals surface area contributed by atoms with Crippen molar-refractivity contribution in [2.75, 3.05) is 13.2 Å². The van der Waals surface area contributed by atoms with Gasteiger partial charge in [-0.05, 0) is 18.2 Å². The van der Waals surface area contributed by atoms with Gasteiger partial charge in [0, 0.05) is 0 Å². The summed E-state index contributed by atoms with van der Waals surface area (Å²) in [5.74, 6) is 0.893. The summed E-state index contributed by atoms with van der Waals surface area (Å²) in [5.41, 5.74) is 1.04. The number of imidazole rings is 1. The average Bonchev–Trinajstić information content (AvgIpc) is 3.42. The highest BCUT2D eigenvalue weighted by Crippen LogP contribution is 2.32. The molecule has 8 nitrogen and oxygen atoms in total. The second kappa shape index (κ2) is 8.54. The van der Waals surface area contributed by atoms with Crippen molar-refractivity contribution < 1.29 is 24.1 Å². The van der Waals surface area contributed by atoms with E-state index in [0.29, 0.717) is 28.5 Å². The van der Waals surface area contributed by atoms with E-state index in [4.69, 9.17) is 30.5 Å². The number of fused-ring (bicyclic) bond motifs is 2. The zero-order valence-corrected chi connectivity index (χ0v) is 16.8. The molecule has 9 heteroatoms. The van der Waals surface area contributed by atoms with Gasteiger partial charge >= 0.3 is 0 Å². The maximum Gasteiger partial charge on any atom is 0.296 e. The number of benzene rings is 1. The molecule has 2 unspecified atom stereocenters. The molecule has 0 bridgehead atoms. The molecule has 2 fully saturated rings. The third-order valence-corrected chi connectivity index (χ3v) is 4.85. The van der Waals surface area contributed by atoms with E-state index in [1.54, 1.807) is 6.07 Å². The van der Waals surface area contributed by atoms with Gasteiger partial charge in [0.2, 0.25) is 5.88 Å². The van der Waals surface area contributed by atoms with Crippen LogP contribution in [0.3, 0.4) is 0 Å². The molecule has 0 spiro atoms. The average molecular weight is 420 g/mol. The Balaban J connectivity index is 0.000000994. The lowest BCUT2D eigenvalue weighted by Gasteiger charge is -2.15.